The lowest BCUT2D eigenvalue weighted by atomic mass is 10.1. The van der Waals surface area contributed by atoms with Gasteiger partial charge in [-0.15, -0.1) is 11.8 Å². The molecule has 0 amide bonds. The molecule has 1 nitrogen and oxygen atoms in total. The summed E-state index contributed by atoms with van der Waals surface area (Å²) in [4.78, 5) is 1.36. The fourth-order valence-electron chi connectivity index (χ4n) is 1.54. The molecule has 0 aliphatic heterocycles. The fourth-order valence-corrected chi connectivity index (χ4v) is 2.03. The summed E-state index contributed by atoms with van der Waals surface area (Å²) in [5, 5.41) is 3.54. The van der Waals surface area contributed by atoms with Crippen LogP contribution in [-0.4, -0.2) is 12.3 Å². The van der Waals surface area contributed by atoms with Gasteiger partial charge in [-0.05, 0) is 49.3 Å². The van der Waals surface area contributed by atoms with E-state index in [9.17, 15) is 0 Å². The van der Waals surface area contributed by atoms with E-state index in [0.29, 0.717) is 0 Å². The smallest absolute Gasteiger partial charge is 0.0210 e. The summed E-state index contributed by atoms with van der Waals surface area (Å²) in [6.07, 6.45) is 4.85. The van der Waals surface area contributed by atoms with Gasteiger partial charge >= 0.3 is 0 Å². The quantitative estimate of drug-likeness (QED) is 0.762. The lowest BCUT2D eigenvalue weighted by Gasteiger charge is -2.08. The SMILES string of the molecule is CSc1ccc(CNC2CC2)c(C)c1. The lowest BCUT2D eigenvalue weighted by Crippen LogP contribution is -2.15. The van der Waals surface area contributed by atoms with E-state index in [4.69, 9.17) is 0 Å². The van der Waals surface area contributed by atoms with Crippen LogP contribution in [0.25, 0.3) is 0 Å². The Morgan fingerprint density at radius 3 is 2.79 bits per heavy atom. The molecule has 2 rings (SSSR count). The molecule has 1 fully saturated rings. The highest BCUT2D eigenvalue weighted by Crippen LogP contribution is 2.22. The fraction of sp³-hybridized carbons (Fsp3) is 0.500. The molecule has 0 heterocycles. The summed E-state index contributed by atoms with van der Waals surface area (Å²) in [6, 6.07) is 7.53. The number of hydrogen-bond acceptors (Lipinski definition) is 2. The zero-order chi connectivity index (χ0) is 9.97. The molecule has 1 saturated carbocycles. The first-order valence-corrected chi connectivity index (χ1v) is 6.39. The summed E-state index contributed by atoms with van der Waals surface area (Å²) in [7, 11) is 0. The Labute approximate surface area is 90.3 Å². The van der Waals surface area contributed by atoms with Gasteiger partial charge in [0.05, 0.1) is 0 Å². The third kappa shape index (κ3) is 2.52. The molecule has 0 bridgehead atoms. The normalized spacial score (nSPS) is 15.9. The van der Waals surface area contributed by atoms with Crippen LogP contribution in [0.4, 0.5) is 0 Å². The van der Waals surface area contributed by atoms with Gasteiger partial charge in [-0.3, -0.25) is 0 Å². The minimum atomic E-state index is 0.801. The molecular formula is C12H17NS. The first-order valence-electron chi connectivity index (χ1n) is 5.16. The largest absolute Gasteiger partial charge is 0.310 e. The Kier molecular flexibility index (Phi) is 3.14. The predicted molar refractivity (Wildman–Crippen MR) is 62.8 cm³/mol. The average molecular weight is 207 g/mol. The molecule has 1 N–H and O–H groups in total. The van der Waals surface area contributed by atoms with Crippen LogP contribution in [0.3, 0.4) is 0 Å². The van der Waals surface area contributed by atoms with Crippen molar-refractivity contribution < 1.29 is 0 Å². The summed E-state index contributed by atoms with van der Waals surface area (Å²) in [6.45, 7) is 3.23. The van der Waals surface area contributed by atoms with Crippen LogP contribution in [0.1, 0.15) is 24.0 Å². The summed E-state index contributed by atoms with van der Waals surface area (Å²) < 4.78 is 0. The molecule has 76 valence electrons. The topological polar surface area (TPSA) is 12.0 Å². The van der Waals surface area contributed by atoms with Crippen LogP contribution in [0.15, 0.2) is 23.1 Å². The number of nitrogens with one attached hydrogen (secondary N) is 1. The monoisotopic (exact) mass is 207 g/mol. The van der Waals surface area contributed by atoms with E-state index < -0.39 is 0 Å². The predicted octanol–water partition coefficient (Wildman–Crippen LogP) is 2.97. The van der Waals surface area contributed by atoms with Gasteiger partial charge in [0, 0.05) is 17.5 Å². The van der Waals surface area contributed by atoms with Crippen LogP contribution in [0, 0.1) is 6.92 Å². The highest BCUT2D eigenvalue weighted by molar-refractivity contribution is 7.98. The molecule has 0 radical (unpaired) electrons. The van der Waals surface area contributed by atoms with Gasteiger partial charge in [0.25, 0.3) is 0 Å². The second kappa shape index (κ2) is 4.37. The molecule has 0 spiro atoms. The molecule has 2 heteroatoms. The van der Waals surface area contributed by atoms with E-state index in [-0.39, 0.29) is 0 Å². The maximum Gasteiger partial charge on any atom is 0.0210 e. The van der Waals surface area contributed by atoms with Crippen LogP contribution in [-0.2, 0) is 6.54 Å². The van der Waals surface area contributed by atoms with E-state index in [0.717, 1.165) is 12.6 Å². The highest BCUT2D eigenvalue weighted by atomic mass is 32.2. The van der Waals surface area contributed by atoms with Crippen molar-refractivity contribution in [1.29, 1.82) is 0 Å². The average Bonchev–Trinajstić information content (AvgIpc) is 2.99. The Bertz CT molecular complexity index is 318. The van der Waals surface area contributed by atoms with Crippen molar-refractivity contribution in [2.45, 2.75) is 37.2 Å². The van der Waals surface area contributed by atoms with Crippen LogP contribution >= 0.6 is 11.8 Å². The zero-order valence-corrected chi connectivity index (χ0v) is 9.66. The molecule has 1 aromatic carbocycles. The first-order chi connectivity index (χ1) is 6.79. The highest BCUT2D eigenvalue weighted by Gasteiger charge is 2.20. The Morgan fingerprint density at radius 1 is 1.43 bits per heavy atom. The van der Waals surface area contributed by atoms with E-state index in [1.54, 1.807) is 0 Å². The number of aryl methyl sites for hydroxylation is 1. The third-order valence-corrected chi connectivity index (χ3v) is 3.43. The minimum absolute atomic E-state index is 0.801. The second-order valence-electron chi connectivity index (χ2n) is 3.95. The van der Waals surface area contributed by atoms with Gasteiger partial charge in [0.2, 0.25) is 0 Å². The number of benzene rings is 1. The van der Waals surface area contributed by atoms with E-state index >= 15 is 0 Å². The van der Waals surface area contributed by atoms with Crippen molar-refractivity contribution >= 4 is 11.8 Å². The Morgan fingerprint density at radius 2 is 2.21 bits per heavy atom. The maximum absolute atomic E-state index is 3.54. The molecule has 0 aromatic heterocycles. The van der Waals surface area contributed by atoms with E-state index in [1.807, 2.05) is 11.8 Å². The number of hydrogen-bond donors (Lipinski definition) is 1. The summed E-state index contributed by atoms with van der Waals surface area (Å²) >= 11 is 1.81. The number of rotatable bonds is 4. The molecule has 0 unspecified atom stereocenters. The van der Waals surface area contributed by atoms with E-state index in [1.165, 1.54) is 28.9 Å². The Balaban J connectivity index is 2.01. The standard InChI is InChI=1S/C12H17NS/c1-9-7-12(14-2)6-3-10(9)8-13-11-4-5-11/h3,6-7,11,13H,4-5,8H2,1-2H3. The van der Waals surface area contributed by atoms with Crippen molar-refractivity contribution in [1.82, 2.24) is 5.32 Å². The second-order valence-corrected chi connectivity index (χ2v) is 4.83. The van der Waals surface area contributed by atoms with E-state index in [2.05, 4.69) is 36.7 Å². The minimum Gasteiger partial charge on any atom is -0.310 e. The van der Waals surface area contributed by atoms with Crippen LogP contribution in [0.2, 0.25) is 0 Å². The molecule has 1 aliphatic carbocycles. The molecule has 1 aliphatic rings. The van der Waals surface area contributed by atoms with Crippen LogP contribution in [0.5, 0.6) is 0 Å². The summed E-state index contributed by atoms with van der Waals surface area (Å²) in [5.74, 6) is 0. The first kappa shape index (κ1) is 10.1. The molecular weight excluding hydrogens is 190 g/mol. The van der Waals surface area contributed by atoms with Crippen molar-refractivity contribution in [3.8, 4) is 0 Å². The van der Waals surface area contributed by atoms with Gasteiger partial charge in [0.1, 0.15) is 0 Å². The van der Waals surface area contributed by atoms with Gasteiger partial charge < -0.3 is 5.32 Å². The van der Waals surface area contributed by atoms with Gasteiger partial charge in [0.15, 0.2) is 0 Å². The molecule has 1 aromatic rings. The van der Waals surface area contributed by atoms with Gasteiger partial charge in [-0.2, -0.15) is 0 Å². The van der Waals surface area contributed by atoms with Crippen molar-refractivity contribution in [2.75, 3.05) is 6.26 Å². The lowest BCUT2D eigenvalue weighted by molar-refractivity contribution is 0.685. The van der Waals surface area contributed by atoms with Gasteiger partial charge in [-0.1, -0.05) is 6.07 Å². The van der Waals surface area contributed by atoms with Crippen molar-refractivity contribution in [2.24, 2.45) is 0 Å². The third-order valence-electron chi connectivity index (χ3n) is 2.71. The Hall–Kier alpha value is -0.470. The summed E-state index contributed by atoms with van der Waals surface area (Å²) in [5.41, 5.74) is 2.85. The van der Waals surface area contributed by atoms with Gasteiger partial charge in [-0.25, -0.2) is 0 Å². The molecule has 0 atom stereocenters. The molecule has 0 saturated heterocycles. The molecule has 14 heavy (non-hydrogen) atoms. The zero-order valence-electron chi connectivity index (χ0n) is 8.84. The maximum atomic E-state index is 3.54. The number of thioether (sulfide) groups is 1. The van der Waals surface area contributed by atoms with Crippen molar-refractivity contribution in [3.05, 3.63) is 29.3 Å². The van der Waals surface area contributed by atoms with Crippen molar-refractivity contribution in [3.63, 3.8) is 0 Å². The van der Waals surface area contributed by atoms with Crippen LogP contribution < -0.4 is 5.32 Å².